The van der Waals surface area contributed by atoms with Crippen molar-refractivity contribution in [2.45, 2.75) is 30.1 Å². The van der Waals surface area contributed by atoms with Crippen molar-refractivity contribution in [1.82, 2.24) is 5.32 Å². The van der Waals surface area contributed by atoms with Crippen LogP contribution in [0.25, 0.3) is 0 Å². The molecular formula is C30H24ClN3O3. The molecule has 0 aromatic heterocycles. The Morgan fingerprint density at radius 2 is 1.46 bits per heavy atom. The summed E-state index contributed by atoms with van der Waals surface area (Å²) in [5.74, 6) is -0.979. The van der Waals surface area contributed by atoms with Gasteiger partial charge in [-0.1, -0.05) is 103 Å². The molecule has 4 atom stereocenters. The van der Waals surface area contributed by atoms with Gasteiger partial charge in [0.1, 0.15) is 11.6 Å². The Hall–Kier alpha value is -4.00. The number of rotatable bonds is 5. The molecule has 4 aromatic carbocycles. The first-order chi connectivity index (χ1) is 18.0. The fraction of sp³-hybridized carbons (Fsp3) is 0.167. The molecule has 0 radical (unpaired) electrons. The Labute approximate surface area is 219 Å². The van der Waals surface area contributed by atoms with Crippen LogP contribution in [0.3, 0.4) is 0 Å². The van der Waals surface area contributed by atoms with E-state index in [0.717, 1.165) is 16.7 Å². The molecular weight excluding hydrogens is 486 g/mol. The molecule has 1 spiro atoms. The van der Waals surface area contributed by atoms with Gasteiger partial charge in [0.2, 0.25) is 6.04 Å². The molecule has 1 N–H and O–H groups in total. The summed E-state index contributed by atoms with van der Waals surface area (Å²) in [5.41, 5.74) is 2.47. The van der Waals surface area contributed by atoms with Gasteiger partial charge in [0.25, 0.3) is 5.91 Å². The first-order valence-electron chi connectivity index (χ1n) is 12.2. The molecule has 1 fully saturated rings. The van der Waals surface area contributed by atoms with E-state index in [-0.39, 0.29) is 10.8 Å². The van der Waals surface area contributed by atoms with E-state index >= 15 is 0 Å². The molecule has 0 saturated carbocycles. The van der Waals surface area contributed by atoms with Gasteiger partial charge in [-0.3, -0.25) is 20.2 Å². The molecule has 6 rings (SSSR count). The quantitative estimate of drug-likeness (QED) is 0.270. The molecule has 0 bridgehead atoms. The normalized spacial score (nSPS) is 24.4. The molecule has 37 heavy (non-hydrogen) atoms. The van der Waals surface area contributed by atoms with Crippen LogP contribution in [0.15, 0.2) is 109 Å². The number of anilines is 1. The first-order valence-corrected chi connectivity index (χ1v) is 12.6. The second-order valence-corrected chi connectivity index (χ2v) is 9.98. The number of carbonyl (C=O) groups excluding carboxylic acids is 1. The number of benzene rings is 4. The average Bonchev–Trinajstić information content (AvgIpc) is 3.40. The third-order valence-corrected chi connectivity index (χ3v) is 7.77. The van der Waals surface area contributed by atoms with Crippen LogP contribution in [-0.2, 0) is 16.9 Å². The van der Waals surface area contributed by atoms with Crippen LogP contribution in [-0.4, -0.2) is 16.9 Å². The summed E-state index contributed by atoms with van der Waals surface area (Å²) in [6.07, 6.45) is 0. The molecule has 1 saturated heterocycles. The van der Waals surface area contributed by atoms with E-state index in [1.165, 1.54) is 0 Å². The fourth-order valence-electron chi connectivity index (χ4n) is 6.02. The van der Waals surface area contributed by atoms with Crippen LogP contribution in [0, 0.1) is 10.1 Å². The zero-order valence-electron chi connectivity index (χ0n) is 19.8. The minimum absolute atomic E-state index is 0.215. The maximum absolute atomic E-state index is 14.6. The highest BCUT2D eigenvalue weighted by Crippen LogP contribution is 2.57. The van der Waals surface area contributed by atoms with E-state index in [9.17, 15) is 14.9 Å². The highest BCUT2D eigenvalue weighted by Gasteiger charge is 2.68. The van der Waals surface area contributed by atoms with E-state index in [4.69, 9.17) is 11.6 Å². The largest absolute Gasteiger partial charge is 0.306 e. The van der Waals surface area contributed by atoms with Crippen LogP contribution >= 0.6 is 11.6 Å². The molecule has 4 aromatic rings. The Bertz CT molecular complexity index is 1470. The Morgan fingerprint density at radius 1 is 0.865 bits per heavy atom. The van der Waals surface area contributed by atoms with Crippen molar-refractivity contribution in [3.05, 3.63) is 147 Å². The lowest BCUT2D eigenvalue weighted by molar-refractivity contribution is -0.527. The van der Waals surface area contributed by atoms with Crippen LogP contribution in [0.5, 0.6) is 0 Å². The number of halogens is 1. The van der Waals surface area contributed by atoms with Gasteiger partial charge >= 0.3 is 0 Å². The molecule has 184 valence electrons. The van der Waals surface area contributed by atoms with Crippen molar-refractivity contribution < 1.29 is 9.72 Å². The SMILES string of the molecule is O=C1N(Cc2ccccc2)c2ccc(Cl)cc2C12N[C@@H](c1ccccc1)[C@@H]([N+](=O)[O-])[C@H]2c1ccccc1. The van der Waals surface area contributed by atoms with Gasteiger partial charge in [-0.2, -0.15) is 0 Å². The van der Waals surface area contributed by atoms with E-state index < -0.39 is 23.5 Å². The molecule has 2 heterocycles. The summed E-state index contributed by atoms with van der Waals surface area (Å²) < 4.78 is 0. The van der Waals surface area contributed by atoms with E-state index in [1.807, 2.05) is 97.1 Å². The molecule has 1 amide bonds. The number of nitrogens with one attached hydrogen (secondary N) is 1. The number of carbonyl (C=O) groups is 1. The summed E-state index contributed by atoms with van der Waals surface area (Å²) in [5, 5.41) is 16.8. The number of amides is 1. The molecule has 7 heteroatoms. The summed E-state index contributed by atoms with van der Waals surface area (Å²) in [4.78, 5) is 28.9. The number of hydrogen-bond acceptors (Lipinski definition) is 4. The van der Waals surface area contributed by atoms with E-state index in [1.54, 1.807) is 17.0 Å². The topological polar surface area (TPSA) is 75.5 Å². The van der Waals surface area contributed by atoms with Gasteiger partial charge in [-0.05, 0) is 34.9 Å². The minimum Gasteiger partial charge on any atom is -0.306 e. The van der Waals surface area contributed by atoms with Crippen LogP contribution < -0.4 is 10.2 Å². The zero-order chi connectivity index (χ0) is 25.6. The maximum Gasteiger partial charge on any atom is 0.253 e. The number of nitro groups is 1. The van der Waals surface area contributed by atoms with Crippen molar-refractivity contribution in [3.8, 4) is 0 Å². The molecule has 1 unspecified atom stereocenters. The summed E-state index contributed by atoms with van der Waals surface area (Å²) in [6.45, 7) is 0.346. The van der Waals surface area contributed by atoms with Gasteiger partial charge in [-0.25, -0.2) is 0 Å². The van der Waals surface area contributed by atoms with Crippen LogP contribution in [0.4, 0.5) is 5.69 Å². The fourth-order valence-corrected chi connectivity index (χ4v) is 6.19. The molecule has 0 aliphatic carbocycles. The van der Waals surface area contributed by atoms with Crippen molar-refractivity contribution in [1.29, 1.82) is 0 Å². The van der Waals surface area contributed by atoms with E-state index in [0.29, 0.717) is 22.8 Å². The first kappa shape index (κ1) is 23.4. The van der Waals surface area contributed by atoms with Crippen LogP contribution in [0.2, 0.25) is 5.02 Å². The second kappa shape index (κ2) is 9.14. The predicted octanol–water partition coefficient (Wildman–Crippen LogP) is 5.86. The van der Waals surface area contributed by atoms with Gasteiger partial charge in [-0.15, -0.1) is 0 Å². The van der Waals surface area contributed by atoms with Crippen molar-refractivity contribution in [2.24, 2.45) is 0 Å². The van der Waals surface area contributed by atoms with Gasteiger partial charge in [0.15, 0.2) is 0 Å². The second-order valence-electron chi connectivity index (χ2n) is 9.54. The third kappa shape index (κ3) is 3.72. The highest BCUT2D eigenvalue weighted by atomic mass is 35.5. The number of hydrogen-bond donors (Lipinski definition) is 1. The van der Waals surface area contributed by atoms with Crippen molar-refractivity contribution >= 4 is 23.2 Å². The maximum atomic E-state index is 14.6. The summed E-state index contributed by atoms with van der Waals surface area (Å²) in [7, 11) is 0. The van der Waals surface area contributed by atoms with Crippen LogP contribution in [0.1, 0.15) is 34.2 Å². The standard InChI is InChI=1S/C30H24ClN3O3/c31-23-16-17-25-24(18-23)30(29(35)33(25)19-20-10-4-1-5-11-20)26(21-12-6-2-7-13-21)28(34(36)37)27(32-30)22-14-8-3-9-15-22/h1-18,26-28,32H,19H2/t26-,27+,28+,30?/m1/s1. The molecule has 6 nitrogen and oxygen atoms in total. The third-order valence-electron chi connectivity index (χ3n) is 7.53. The monoisotopic (exact) mass is 509 g/mol. The Morgan fingerprint density at radius 3 is 2.08 bits per heavy atom. The zero-order valence-corrected chi connectivity index (χ0v) is 20.6. The predicted molar refractivity (Wildman–Crippen MR) is 143 cm³/mol. The number of nitrogens with zero attached hydrogens (tertiary/aromatic N) is 2. The number of fused-ring (bicyclic) bond motifs is 2. The van der Waals surface area contributed by atoms with Gasteiger partial charge < -0.3 is 4.90 Å². The Balaban J connectivity index is 1.59. The lowest BCUT2D eigenvalue weighted by Crippen LogP contribution is -2.50. The lowest BCUT2D eigenvalue weighted by atomic mass is 9.74. The summed E-state index contributed by atoms with van der Waals surface area (Å²) >= 11 is 6.50. The highest BCUT2D eigenvalue weighted by molar-refractivity contribution is 6.31. The summed E-state index contributed by atoms with van der Waals surface area (Å²) in [6, 6.07) is 32.0. The van der Waals surface area contributed by atoms with Crippen molar-refractivity contribution in [3.63, 3.8) is 0 Å². The smallest absolute Gasteiger partial charge is 0.253 e. The minimum atomic E-state index is -1.37. The average molecular weight is 510 g/mol. The lowest BCUT2D eigenvalue weighted by Gasteiger charge is -2.31. The molecule has 2 aliphatic heterocycles. The van der Waals surface area contributed by atoms with Gasteiger partial charge in [0, 0.05) is 21.2 Å². The molecule has 2 aliphatic rings. The van der Waals surface area contributed by atoms with Crippen molar-refractivity contribution in [2.75, 3.05) is 4.90 Å². The van der Waals surface area contributed by atoms with E-state index in [2.05, 4.69) is 5.32 Å². The Kier molecular flexibility index (Phi) is 5.78. The van der Waals surface area contributed by atoms with Gasteiger partial charge in [0.05, 0.1) is 12.5 Å².